The van der Waals surface area contributed by atoms with Crippen molar-refractivity contribution in [1.29, 1.82) is 0 Å². The van der Waals surface area contributed by atoms with E-state index in [0.717, 1.165) is 11.3 Å². The number of nitrogens with one attached hydrogen (secondary N) is 2. The van der Waals surface area contributed by atoms with Crippen molar-refractivity contribution >= 4 is 11.6 Å². The van der Waals surface area contributed by atoms with Crippen LogP contribution in [0.5, 0.6) is 0 Å². The first-order valence-corrected chi connectivity index (χ1v) is 6.91. The number of anilines is 1. The highest BCUT2D eigenvalue weighted by atomic mass is 19.4. The minimum Gasteiger partial charge on any atom is -0.370 e. The largest absolute Gasteiger partial charge is 0.453 e. The van der Waals surface area contributed by atoms with Crippen molar-refractivity contribution in [2.75, 3.05) is 5.32 Å². The van der Waals surface area contributed by atoms with Crippen LogP contribution in [-0.4, -0.2) is 21.1 Å². The number of alkyl halides is 3. The highest BCUT2D eigenvalue weighted by Gasteiger charge is 2.35. The number of guanidine groups is 1. The molecule has 0 aliphatic heterocycles. The van der Waals surface area contributed by atoms with Crippen molar-refractivity contribution in [2.45, 2.75) is 32.5 Å². The van der Waals surface area contributed by atoms with Gasteiger partial charge in [0.2, 0.25) is 0 Å². The summed E-state index contributed by atoms with van der Waals surface area (Å²) >= 11 is 0. The third-order valence-corrected chi connectivity index (χ3v) is 3.01. The number of nitrogens with two attached hydrogens (primary N) is 1. The molecule has 4 N–H and O–H groups in total. The standard InChI is InChI=1S/C14H17F3N6/c1-8(2)9-4-3-5-10(6-9)20-13(18)19-7-11-21-12(23-22-11)14(15,16)17/h3-6,8H,7H2,1-2H3,(H3,18,19,20)(H,21,22,23). The van der Waals surface area contributed by atoms with Crippen molar-refractivity contribution in [2.24, 2.45) is 10.7 Å². The quantitative estimate of drug-likeness (QED) is 0.595. The molecule has 0 spiro atoms. The van der Waals surface area contributed by atoms with Gasteiger partial charge in [-0.2, -0.15) is 13.2 Å². The first kappa shape index (κ1) is 16.8. The Kier molecular flexibility index (Phi) is 4.87. The molecule has 6 nitrogen and oxygen atoms in total. The number of rotatable bonds is 4. The molecule has 1 aromatic heterocycles. The first-order valence-electron chi connectivity index (χ1n) is 6.91. The normalized spacial score (nSPS) is 12.7. The van der Waals surface area contributed by atoms with Crippen molar-refractivity contribution in [3.8, 4) is 0 Å². The van der Waals surface area contributed by atoms with Crippen LogP contribution in [0.3, 0.4) is 0 Å². The number of nitrogens with zero attached hydrogens (tertiary/aromatic N) is 3. The average molecular weight is 326 g/mol. The first-order chi connectivity index (χ1) is 10.8. The van der Waals surface area contributed by atoms with Gasteiger partial charge in [0.25, 0.3) is 5.82 Å². The fourth-order valence-electron chi connectivity index (χ4n) is 1.82. The summed E-state index contributed by atoms with van der Waals surface area (Å²) in [5.74, 6) is -0.794. The highest BCUT2D eigenvalue weighted by molar-refractivity contribution is 5.92. The predicted octanol–water partition coefficient (Wildman–Crippen LogP) is 2.87. The molecule has 0 aliphatic carbocycles. The van der Waals surface area contributed by atoms with Crippen LogP contribution in [0.2, 0.25) is 0 Å². The molecule has 2 aromatic rings. The molecule has 0 bridgehead atoms. The van der Waals surface area contributed by atoms with E-state index in [9.17, 15) is 13.2 Å². The second kappa shape index (κ2) is 6.67. The van der Waals surface area contributed by atoms with Crippen molar-refractivity contribution in [1.82, 2.24) is 15.2 Å². The van der Waals surface area contributed by atoms with Gasteiger partial charge in [-0.15, -0.1) is 5.10 Å². The Bertz CT molecular complexity index is 690. The Balaban J connectivity index is 2.00. The molecule has 23 heavy (non-hydrogen) atoms. The number of aromatic amines is 1. The van der Waals surface area contributed by atoms with Crippen LogP contribution in [0.1, 0.15) is 37.0 Å². The zero-order valence-electron chi connectivity index (χ0n) is 12.6. The Hall–Kier alpha value is -2.58. The van der Waals surface area contributed by atoms with E-state index in [1.807, 2.05) is 24.3 Å². The van der Waals surface area contributed by atoms with E-state index in [1.54, 1.807) is 0 Å². The lowest BCUT2D eigenvalue weighted by Crippen LogP contribution is -2.22. The summed E-state index contributed by atoms with van der Waals surface area (Å²) in [4.78, 5) is 7.26. The van der Waals surface area contributed by atoms with Crippen LogP contribution in [0.4, 0.5) is 18.9 Å². The van der Waals surface area contributed by atoms with Gasteiger partial charge in [-0.3, -0.25) is 5.10 Å². The van der Waals surface area contributed by atoms with E-state index in [1.165, 1.54) is 0 Å². The van der Waals surface area contributed by atoms with Gasteiger partial charge in [-0.05, 0) is 23.6 Å². The molecule has 0 amide bonds. The number of aromatic nitrogens is 3. The summed E-state index contributed by atoms with van der Waals surface area (Å²) in [6.07, 6.45) is -4.58. The molecular formula is C14H17F3N6. The minimum absolute atomic E-state index is 0.0157. The molecule has 9 heteroatoms. The molecule has 0 saturated carbocycles. The lowest BCUT2D eigenvalue weighted by Gasteiger charge is -2.09. The van der Waals surface area contributed by atoms with Crippen molar-refractivity contribution in [3.63, 3.8) is 0 Å². The van der Waals surface area contributed by atoms with E-state index in [0.29, 0.717) is 5.92 Å². The Morgan fingerprint density at radius 1 is 1.39 bits per heavy atom. The monoisotopic (exact) mass is 326 g/mol. The summed E-state index contributed by atoms with van der Waals surface area (Å²) in [6, 6.07) is 7.64. The fourth-order valence-corrected chi connectivity index (χ4v) is 1.82. The number of aliphatic imine (C=N–C) groups is 1. The highest BCUT2D eigenvalue weighted by Crippen LogP contribution is 2.25. The molecular weight excluding hydrogens is 309 g/mol. The minimum atomic E-state index is -4.58. The van der Waals surface area contributed by atoms with Gasteiger partial charge >= 0.3 is 6.18 Å². The lowest BCUT2D eigenvalue weighted by molar-refractivity contribution is -0.144. The molecule has 0 atom stereocenters. The van der Waals surface area contributed by atoms with Crippen molar-refractivity contribution in [3.05, 3.63) is 41.5 Å². The molecule has 124 valence electrons. The van der Waals surface area contributed by atoms with Crippen LogP contribution >= 0.6 is 0 Å². The van der Waals surface area contributed by atoms with Gasteiger partial charge < -0.3 is 11.1 Å². The number of hydrogen-bond donors (Lipinski definition) is 3. The van der Waals surface area contributed by atoms with Crippen LogP contribution < -0.4 is 11.1 Å². The summed E-state index contributed by atoms with van der Waals surface area (Å²) < 4.78 is 37.1. The summed E-state index contributed by atoms with van der Waals surface area (Å²) in [5, 5.41) is 8.16. The SMILES string of the molecule is CC(C)c1cccc(NC(N)=NCc2nc(C(F)(F)F)n[nH]2)c1. The van der Waals surface area contributed by atoms with E-state index >= 15 is 0 Å². The summed E-state index contributed by atoms with van der Waals surface area (Å²) in [6.45, 7) is 4.00. The van der Waals surface area contributed by atoms with E-state index < -0.39 is 12.0 Å². The van der Waals surface area contributed by atoms with Gasteiger partial charge in [0.05, 0.1) is 0 Å². The van der Waals surface area contributed by atoms with E-state index in [2.05, 4.69) is 39.3 Å². The van der Waals surface area contributed by atoms with Crippen LogP contribution in [0.25, 0.3) is 0 Å². The topological polar surface area (TPSA) is 92.0 Å². The Morgan fingerprint density at radius 3 is 2.74 bits per heavy atom. The number of H-pyrrole nitrogens is 1. The van der Waals surface area contributed by atoms with Crippen LogP contribution in [0, 0.1) is 0 Å². The smallest absolute Gasteiger partial charge is 0.370 e. The van der Waals surface area contributed by atoms with Gasteiger partial charge in [0, 0.05) is 5.69 Å². The Labute approximate surface area is 131 Å². The number of hydrogen-bond acceptors (Lipinski definition) is 3. The third kappa shape index (κ3) is 4.70. The number of benzene rings is 1. The molecule has 0 fully saturated rings. The van der Waals surface area contributed by atoms with Gasteiger partial charge in [-0.25, -0.2) is 9.98 Å². The summed E-state index contributed by atoms with van der Waals surface area (Å²) in [5.41, 5.74) is 7.61. The Morgan fingerprint density at radius 2 is 2.13 bits per heavy atom. The molecule has 0 aliphatic rings. The molecule has 1 heterocycles. The molecule has 0 radical (unpaired) electrons. The molecule has 2 rings (SSSR count). The zero-order chi connectivity index (χ0) is 17.0. The van der Waals surface area contributed by atoms with Crippen molar-refractivity contribution < 1.29 is 13.2 Å². The second-order valence-corrected chi connectivity index (χ2v) is 5.21. The van der Waals surface area contributed by atoms with E-state index in [4.69, 9.17) is 5.73 Å². The molecule has 0 saturated heterocycles. The van der Waals surface area contributed by atoms with E-state index in [-0.39, 0.29) is 18.3 Å². The average Bonchev–Trinajstić information content (AvgIpc) is 2.94. The lowest BCUT2D eigenvalue weighted by atomic mass is 10.0. The zero-order valence-corrected chi connectivity index (χ0v) is 12.6. The predicted molar refractivity (Wildman–Crippen MR) is 80.9 cm³/mol. The maximum atomic E-state index is 12.4. The van der Waals surface area contributed by atoms with Gasteiger partial charge in [-0.1, -0.05) is 26.0 Å². The number of halogens is 3. The second-order valence-electron chi connectivity index (χ2n) is 5.21. The maximum Gasteiger partial charge on any atom is 0.453 e. The maximum absolute atomic E-state index is 12.4. The fraction of sp³-hybridized carbons (Fsp3) is 0.357. The summed E-state index contributed by atoms with van der Waals surface area (Å²) in [7, 11) is 0. The molecule has 1 aromatic carbocycles. The van der Waals surface area contributed by atoms with Crippen LogP contribution in [0.15, 0.2) is 29.3 Å². The van der Waals surface area contributed by atoms with Gasteiger partial charge in [0.15, 0.2) is 5.96 Å². The molecule has 0 unspecified atom stereocenters. The van der Waals surface area contributed by atoms with Crippen LogP contribution in [-0.2, 0) is 12.7 Å². The van der Waals surface area contributed by atoms with Gasteiger partial charge in [0.1, 0.15) is 12.4 Å². The third-order valence-electron chi connectivity index (χ3n) is 3.01.